The van der Waals surface area contributed by atoms with Gasteiger partial charge in [-0.25, -0.2) is 0 Å². The maximum Gasteiger partial charge on any atom is 0.219 e. The van der Waals surface area contributed by atoms with Crippen LogP contribution in [0.4, 0.5) is 0 Å². The molecule has 1 aromatic rings. The molecule has 0 saturated heterocycles. The van der Waals surface area contributed by atoms with Crippen molar-refractivity contribution in [1.82, 2.24) is 5.32 Å². The molecule has 0 aromatic heterocycles. The molecule has 3 nitrogen and oxygen atoms in total. The Morgan fingerprint density at radius 2 is 2.27 bits per heavy atom. The van der Waals surface area contributed by atoms with E-state index in [2.05, 4.69) is 21.2 Å². The molecule has 15 heavy (non-hydrogen) atoms. The standard InChI is InChI=1S/C11H14BrNO2/c1-3-11(14)13-7-8-6-9(12)4-5-10(8)15-2/h4-6H,3,7H2,1-2H3,(H,13,14). The Morgan fingerprint density at radius 1 is 1.53 bits per heavy atom. The van der Waals surface area contributed by atoms with E-state index in [1.807, 2.05) is 25.1 Å². The largest absolute Gasteiger partial charge is 0.496 e. The number of hydrogen-bond acceptors (Lipinski definition) is 2. The van der Waals surface area contributed by atoms with Crippen molar-refractivity contribution >= 4 is 21.8 Å². The smallest absolute Gasteiger partial charge is 0.219 e. The van der Waals surface area contributed by atoms with E-state index < -0.39 is 0 Å². The van der Waals surface area contributed by atoms with Gasteiger partial charge in [-0.2, -0.15) is 0 Å². The van der Waals surface area contributed by atoms with Crippen LogP contribution in [-0.2, 0) is 11.3 Å². The number of ether oxygens (including phenoxy) is 1. The van der Waals surface area contributed by atoms with Gasteiger partial charge in [0.15, 0.2) is 0 Å². The fourth-order valence-corrected chi connectivity index (χ4v) is 1.61. The Labute approximate surface area is 97.9 Å². The second-order valence-electron chi connectivity index (χ2n) is 3.09. The summed E-state index contributed by atoms with van der Waals surface area (Å²) >= 11 is 3.38. The second kappa shape index (κ2) is 5.75. The number of nitrogens with one attached hydrogen (secondary N) is 1. The molecule has 1 N–H and O–H groups in total. The van der Waals surface area contributed by atoms with E-state index in [-0.39, 0.29) is 5.91 Å². The molecule has 0 aliphatic heterocycles. The number of amides is 1. The van der Waals surface area contributed by atoms with Crippen molar-refractivity contribution in [3.8, 4) is 5.75 Å². The van der Waals surface area contributed by atoms with Crippen LogP contribution >= 0.6 is 15.9 Å². The minimum Gasteiger partial charge on any atom is -0.496 e. The van der Waals surface area contributed by atoms with Crippen molar-refractivity contribution in [2.75, 3.05) is 7.11 Å². The molecule has 0 aliphatic carbocycles. The number of benzene rings is 1. The molecule has 1 aromatic carbocycles. The molecule has 1 rings (SSSR count). The van der Waals surface area contributed by atoms with Crippen molar-refractivity contribution in [1.29, 1.82) is 0 Å². The highest BCUT2D eigenvalue weighted by Crippen LogP contribution is 2.22. The summed E-state index contributed by atoms with van der Waals surface area (Å²) < 4.78 is 6.17. The lowest BCUT2D eigenvalue weighted by molar-refractivity contribution is -0.120. The first-order valence-corrected chi connectivity index (χ1v) is 5.55. The van der Waals surface area contributed by atoms with Gasteiger partial charge < -0.3 is 10.1 Å². The number of rotatable bonds is 4. The maximum absolute atomic E-state index is 11.1. The molecule has 0 saturated carbocycles. The van der Waals surface area contributed by atoms with E-state index >= 15 is 0 Å². The van der Waals surface area contributed by atoms with Crippen LogP contribution in [0.25, 0.3) is 0 Å². The van der Waals surface area contributed by atoms with E-state index in [0.717, 1.165) is 15.8 Å². The van der Waals surface area contributed by atoms with Crippen molar-refractivity contribution in [2.45, 2.75) is 19.9 Å². The van der Waals surface area contributed by atoms with Crippen LogP contribution in [0, 0.1) is 0 Å². The van der Waals surface area contributed by atoms with Gasteiger partial charge in [0.25, 0.3) is 0 Å². The Kier molecular flexibility index (Phi) is 4.62. The summed E-state index contributed by atoms with van der Waals surface area (Å²) in [6.45, 7) is 2.32. The zero-order valence-corrected chi connectivity index (χ0v) is 10.4. The molecule has 82 valence electrons. The SMILES string of the molecule is CCC(=O)NCc1cc(Br)ccc1OC. The van der Waals surface area contributed by atoms with Crippen molar-refractivity contribution < 1.29 is 9.53 Å². The first-order chi connectivity index (χ1) is 7.17. The number of methoxy groups -OCH3 is 1. The van der Waals surface area contributed by atoms with Gasteiger partial charge in [0.1, 0.15) is 5.75 Å². The lowest BCUT2D eigenvalue weighted by Crippen LogP contribution is -2.21. The highest BCUT2D eigenvalue weighted by molar-refractivity contribution is 9.10. The minimum absolute atomic E-state index is 0.0389. The van der Waals surface area contributed by atoms with Gasteiger partial charge in [0.2, 0.25) is 5.91 Å². The topological polar surface area (TPSA) is 38.3 Å². The molecule has 0 atom stereocenters. The fourth-order valence-electron chi connectivity index (χ4n) is 1.20. The number of carbonyl (C=O) groups is 1. The third kappa shape index (κ3) is 3.55. The minimum atomic E-state index is 0.0389. The molecular weight excluding hydrogens is 258 g/mol. The monoisotopic (exact) mass is 271 g/mol. The highest BCUT2D eigenvalue weighted by atomic mass is 79.9. The summed E-state index contributed by atoms with van der Waals surface area (Å²) in [5.74, 6) is 0.826. The quantitative estimate of drug-likeness (QED) is 0.914. The summed E-state index contributed by atoms with van der Waals surface area (Å²) in [5, 5.41) is 2.81. The molecule has 0 unspecified atom stereocenters. The average Bonchev–Trinajstić information content (AvgIpc) is 2.26. The van der Waals surface area contributed by atoms with Crippen molar-refractivity contribution in [3.05, 3.63) is 28.2 Å². The number of carbonyl (C=O) groups excluding carboxylic acids is 1. The Morgan fingerprint density at radius 3 is 2.87 bits per heavy atom. The van der Waals surface area contributed by atoms with Crippen molar-refractivity contribution in [3.63, 3.8) is 0 Å². The summed E-state index contributed by atoms with van der Waals surface area (Å²) in [7, 11) is 1.62. The molecule has 0 bridgehead atoms. The number of hydrogen-bond donors (Lipinski definition) is 1. The van der Waals surface area contributed by atoms with Crippen LogP contribution in [0.1, 0.15) is 18.9 Å². The predicted molar refractivity (Wildman–Crippen MR) is 62.8 cm³/mol. The fraction of sp³-hybridized carbons (Fsp3) is 0.364. The molecule has 0 radical (unpaired) electrons. The van der Waals surface area contributed by atoms with Crippen LogP contribution in [-0.4, -0.2) is 13.0 Å². The summed E-state index contributed by atoms with van der Waals surface area (Å²) in [6, 6.07) is 5.72. The van der Waals surface area contributed by atoms with E-state index in [0.29, 0.717) is 13.0 Å². The van der Waals surface area contributed by atoms with Crippen LogP contribution in [0.3, 0.4) is 0 Å². The molecule has 0 aliphatic rings. The normalized spacial score (nSPS) is 9.80. The summed E-state index contributed by atoms with van der Waals surface area (Å²) in [5.41, 5.74) is 0.966. The first-order valence-electron chi connectivity index (χ1n) is 4.76. The highest BCUT2D eigenvalue weighted by Gasteiger charge is 2.04. The summed E-state index contributed by atoms with van der Waals surface area (Å²) in [6.07, 6.45) is 0.496. The zero-order valence-electron chi connectivity index (χ0n) is 8.84. The van der Waals surface area contributed by atoms with E-state index in [9.17, 15) is 4.79 Å². The third-order valence-electron chi connectivity index (χ3n) is 2.04. The molecule has 1 amide bonds. The van der Waals surface area contributed by atoms with Gasteiger partial charge >= 0.3 is 0 Å². The summed E-state index contributed by atoms with van der Waals surface area (Å²) in [4.78, 5) is 11.1. The Balaban J connectivity index is 2.74. The van der Waals surface area contributed by atoms with E-state index in [1.165, 1.54) is 0 Å². The first kappa shape index (κ1) is 12.0. The van der Waals surface area contributed by atoms with Crippen LogP contribution in [0.5, 0.6) is 5.75 Å². The molecule has 4 heteroatoms. The third-order valence-corrected chi connectivity index (χ3v) is 2.53. The maximum atomic E-state index is 11.1. The molecule has 0 spiro atoms. The lowest BCUT2D eigenvalue weighted by atomic mass is 10.2. The number of halogens is 1. The molecule has 0 fully saturated rings. The van der Waals surface area contributed by atoms with Gasteiger partial charge in [0.05, 0.1) is 7.11 Å². The van der Waals surface area contributed by atoms with Crippen LogP contribution in [0.2, 0.25) is 0 Å². The van der Waals surface area contributed by atoms with E-state index in [1.54, 1.807) is 7.11 Å². The molecular formula is C11H14BrNO2. The van der Waals surface area contributed by atoms with Crippen LogP contribution in [0.15, 0.2) is 22.7 Å². The van der Waals surface area contributed by atoms with Gasteiger partial charge in [-0.1, -0.05) is 22.9 Å². The Hall–Kier alpha value is -1.03. The molecule has 0 heterocycles. The van der Waals surface area contributed by atoms with Crippen molar-refractivity contribution in [2.24, 2.45) is 0 Å². The predicted octanol–water partition coefficient (Wildman–Crippen LogP) is 2.48. The second-order valence-corrected chi connectivity index (χ2v) is 4.00. The average molecular weight is 272 g/mol. The lowest BCUT2D eigenvalue weighted by Gasteiger charge is -2.09. The van der Waals surface area contributed by atoms with Gasteiger partial charge in [-0.3, -0.25) is 4.79 Å². The van der Waals surface area contributed by atoms with Crippen LogP contribution < -0.4 is 10.1 Å². The van der Waals surface area contributed by atoms with Gasteiger partial charge in [-0.15, -0.1) is 0 Å². The Bertz CT molecular complexity index is 352. The zero-order chi connectivity index (χ0) is 11.3. The van der Waals surface area contributed by atoms with E-state index in [4.69, 9.17) is 4.74 Å². The van der Waals surface area contributed by atoms with Gasteiger partial charge in [-0.05, 0) is 18.2 Å². The van der Waals surface area contributed by atoms with Gasteiger partial charge in [0, 0.05) is 23.0 Å².